The number of hydrogen-bond donors (Lipinski definition) is 0. The largest absolute Gasteiger partial charge is 0.497 e. The van der Waals surface area contributed by atoms with Crippen LogP contribution in [-0.4, -0.2) is 54.3 Å². The SMILES string of the molecule is COc1ccc(CN(C(=O)OC(C)(C)C)[C@H]2[C@@H](C=O)[C@@H](OCc3ccccc3)[C@H](OCc3ccccc3)[C@@H]2OCc2ccccc2)cc1. The average molecular weight is 652 g/mol. The number of benzene rings is 4. The van der Waals surface area contributed by atoms with E-state index in [1.54, 1.807) is 12.0 Å². The number of carbonyl (C=O) groups is 2. The van der Waals surface area contributed by atoms with Gasteiger partial charge in [-0.25, -0.2) is 4.79 Å². The van der Waals surface area contributed by atoms with Crippen molar-refractivity contribution < 1.29 is 33.3 Å². The molecule has 8 nitrogen and oxygen atoms in total. The van der Waals surface area contributed by atoms with Gasteiger partial charge in [-0.05, 0) is 55.2 Å². The third kappa shape index (κ3) is 9.31. The smallest absolute Gasteiger partial charge is 0.410 e. The Morgan fingerprint density at radius 2 is 1.10 bits per heavy atom. The first-order valence-corrected chi connectivity index (χ1v) is 16.3. The van der Waals surface area contributed by atoms with Crippen LogP contribution < -0.4 is 4.74 Å². The zero-order valence-electron chi connectivity index (χ0n) is 28.1. The monoisotopic (exact) mass is 651 g/mol. The highest BCUT2D eigenvalue weighted by Gasteiger charge is 2.56. The Bertz CT molecular complexity index is 1560. The number of carbonyl (C=O) groups excluding carboxylic acids is 2. The predicted octanol–water partition coefficient (Wildman–Crippen LogP) is 7.39. The van der Waals surface area contributed by atoms with Crippen molar-refractivity contribution in [2.45, 2.75) is 77.1 Å². The van der Waals surface area contributed by atoms with E-state index in [-0.39, 0.29) is 26.4 Å². The Labute approximate surface area is 283 Å². The molecule has 1 amide bonds. The lowest BCUT2D eigenvalue weighted by atomic mass is 10.0. The molecule has 8 heteroatoms. The van der Waals surface area contributed by atoms with Gasteiger partial charge in [-0.2, -0.15) is 0 Å². The molecule has 0 aliphatic heterocycles. The molecule has 0 unspecified atom stereocenters. The van der Waals surface area contributed by atoms with E-state index in [4.69, 9.17) is 23.7 Å². The molecule has 0 N–H and O–H groups in total. The van der Waals surface area contributed by atoms with E-state index in [1.165, 1.54) is 0 Å². The van der Waals surface area contributed by atoms with Gasteiger partial charge in [0.15, 0.2) is 0 Å². The van der Waals surface area contributed by atoms with E-state index in [0.29, 0.717) is 5.75 Å². The second-order valence-corrected chi connectivity index (χ2v) is 12.9. The summed E-state index contributed by atoms with van der Waals surface area (Å²) in [7, 11) is 1.61. The minimum absolute atomic E-state index is 0.163. The van der Waals surface area contributed by atoms with Crippen LogP contribution in [0, 0.1) is 5.92 Å². The van der Waals surface area contributed by atoms with Crippen LogP contribution in [0.4, 0.5) is 4.79 Å². The normalized spacial score (nSPS) is 20.6. The molecule has 0 spiro atoms. The Kier molecular flexibility index (Phi) is 12.0. The van der Waals surface area contributed by atoms with E-state index in [9.17, 15) is 9.59 Å². The molecule has 1 saturated carbocycles. The number of nitrogens with zero attached hydrogens (tertiary/aromatic N) is 1. The summed E-state index contributed by atoms with van der Waals surface area (Å²) < 4.78 is 31.3. The van der Waals surface area contributed by atoms with E-state index < -0.39 is 42.0 Å². The molecular weight excluding hydrogens is 606 g/mol. The van der Waals surface area contributed by atoms with Crippen LogP contribution in [0.1, 0.15) is 43.0 Å². The Hall–Kier alpha value is -4.50. The van der Waals surface area contributed by atoms with Gasteiger partial charge in [-0.1, -0.05) is 103 Å². The summed E-state index contributed by atoms with van der Waals surface area (Å²) in [4.78, 5) is 29.0. The third-order valence-corrected chi connectivity index (χ3v) is 8.27. The van der Waals surface area contributed by atoms with Gasteiger partial charge in [0.2, 0.25) is 0 Å². The van der Waals surface area contributed by atoms with Crippen LogP contribution >= 0.6 is 0 Å². The molecule has 5 atom stereocenters. The summed E-state index contributed by atoms with van der Waals surface area (Å²) in [6.07, 6.45) is -1.85. The fourth-order valence-electron chi connectivity index (χ4n) is 5.99. The molecule has 48 heavy (non-hydrogen) atoms. The molecular formula is C40H45NO7. The average Bonchev–Trinajstić information content (AvgIpc) is 3.40. The lowest BCUT2D eigenvalue weighted by Gasteiger charge is -2.36. The molecule has 5 rings (SSSR count). The zero-order valence-corrected chi connectivity index (χ0v) is 28.1. The Morgan fingerprint density at radius 1 is 0.646 bits per heavy atom. The molecule has 252 valence electrons. The van der Waals surface area contributed by atoms with E-state index >= 15 is 0 Å². The van der Waals surface area contributed by atoms with Gasteiger partial charge in [0.25, 0.3) is 0 Å². The highest BCUT2D eigenvalue weighted by Crippen LogP contribution is 2.39. The lowest BCUT2D eigenvalue weighted by Crippen LogP contribution is -2.51. The molecule has 4 aromatic carbocycles. The lowest BCUT2D eigenvalue weighted by molar-refractivity contribution is -0.134. The first-order chi connectivity index (χ1) is 23.3. The van der Waals surface area contributed by atoms with Crippen LogP contribution in [0.5, 0.6) is 5.75 Å². The van der Waals surface area contributed by atoms with Gasteiger partial charge >= 0.3 is 6.09 Å². The second kappa shape index (κ2) is 16.6. The van der Waals surface area contributed by atoms with E-state index in [1.807, 2.05) is 136 Å². The van der Waals surface area contributed by atoms with Crippen molar-refractivity contribution in [3.05, 3.63) is 138 Å². The Balaban J connectivity index is 1.56. The number of rotatable bonds is 14. The van der Waals surface area contributed by atoms with Gasteiger partial charge < -0.3 is 28.5 Å². The number of ether oxygens (including phenoxy) is 5. The maximum Gasteiger partial charge on any atom is 0.410 e. The topological polar surface area (TPSA) is 83.5 Å². The number of aldehydes is 1. The summed E-state index contributed by atoms with van der Waals surface area (Å²) in [5.74, 6) is -0.0944. The zero-order chi connectivity index (χ0) is 33.9. The summed E-state index contributed by atoms with van der Waals surface area (Å²) in [5, 5.41) is 0. The maximum absolute atomic E-state index is 14.2. The van der Waals surface area contributed by atoms with Gasteiger partial charge in [0.05, 0.1) is 45.0 Å². The van der Waals surface area contributed by atoms with E-state index in [0.717, 1.165) is 28.5 Å². The predicted molar refractivity (Wildman–Crippen MR) is 183 cm³/mol. The van der Waals surface area contributed by atoms with Crippen molar-refractivity contribution in [3.8, 4) is 5.75 Å². The molecule has 0 radical (unpaired) electrons. The summed E-state index contributed by atoms with van der Waals surface area (Å²) in [6, 6.07) is 36.1. The van der Waals surface area contributed by atoms with Crippen LogP contribution in [0.3, 0.4) is 0 Å². The van der Waals surface area contributed by atoms with Crippen molar-refractivity contribution >= 4 is 12.4 Å². The second-order valence-electron chi connectivity index (χ2n) is 12.9. The minimum Gasteiger partial charge on any atom is -0.497 e. The molecule has 1 aliphatic rings. The van der Waals surface area contributed by atoms with Gasteiger partial charge in [-0.3, -0.25) is 4.90 Å². The number of hydrogen-bond acceptors (Lipinski definition) is 7. The highest BCUT2D eigenvalue weighted by molar-refractivity contribution is 5.70. The molecule has 0 aromatic heterocycles. The molecule has 4 aromatic rings. The fourth-order valence-corrected chi connectivity index (χ4v) is 5.99. The van der Waals surface area contributed by atoms with Crippen LogP contribution in [0.2, 0.25) is 0 Å². The highest BCUT2D eigenvalue weighted by atomic mass is 16.6. The van der Waals surface area contributed by atoms with Gasteiger partial charge in [0.1, 0.15) is 29.8 Å². The van der Waals surface area contributed by atoms with Gasteiger partial charge in [0, 0.05) is 6.54 Å². The summed E-state index contributed by atoms with van der Waals surface area (Å²) in [6.45, 7) is 6.40. The van der Waals surface area contributed by atoms with Crippen molar-refractivity contribution in [1.82, 2.24) is 4.90 Å². The van der Waals surface area contributed by atoms with Gasteiger partial charge in [-0.15, -0.1) is 0 Å². The summed E-state index contributed by atoms with van der Waals surface area (Å²) >= 11 is 0. The number of amides is 1. The molecule has 0 heterocycles. The molecule has 0 saturated heterocycles. The Morgan fingerprint density at radius 3 is 1.54 bits per heavy atom. The fraction of sp³-hybridized carbons (Fsp3) is 0.350. The third-order valence-electron chi connectivity index (χ3n) is 8.27. The minimum atomic E-state index is -0.791. The molecule has 1 aliphatic carbocycles. The first kappa shape index (κ1) is 34.8. The van der Waals surface area contributed by atoms with Crippen LogP contribution in [0.15, 0.2) is 115 Å². The van der Waals surface area contributed by atoms with E-state index in [2.05, 4.69) is 0 Å². The number of methoxy groups -OCH3 is 1. The molecule has 1 fully saturated rings. The van der Waals surface area contributed by atoms with Crippen molar-refractivity contribution in [1.29, 1.82) is 0 Å². The molecule has 0 bridgehead atoms. The van der Waals surface area contributed by atoms with Crippen molar-refractivity contribution in [3.63, 3.8) is 0 Å². The maximum atomic E-state index is 14.2. The summed E-state index contributed by atoms with van der Waals surface area (Å²) in [5.41, 5.74) is 2.93. The quantitative estimate of drug-likeness (QED) is 0.132. The standard InChI is InChI=1S/C40H45NO7/c1-40(2,3)48-39(43)41(24-29-20-22-33(44-4)23-21-29)35-34(25-42)36(45-26-30-14-8-5-9-15-30)38(47-28-32-18-12-7-13-19-32)37(35)46-27-31-16-10-6-11-17-31/h5-23,25,34-38H,24,26-28H2,1-4H3/t34-,35+,36-,37-,38+/m1/s1. The van der Waals surface area contributed by atoms with Crippen molar-refractivity contribution in [2.75, 3.05) is 7.11 Å². The van der Waals surface area contributed by atoms with Crippen molar-refractivity contribution in [2.24, 2.45) is 5.92 Å². The van der Waals surface area contributed by atoms with Crippen LogP contribution in [-0.2, 0) is 50.1 Å². The van der Waals surface area contributed by atoms with Crippen LogP contribution in [0.25, 0.3) is 0 Å². The first-order valence-electron chi connectivity index (χ1n) is 16.3.